The number of likely N-dealkylation sites (N-methyl/N-ethyl adjacent to an activating group) is 1. The van der Waals surface area contributed by atoms with Crippen LogP contribution in [-0.2, 0) is 24.8 Å². The molecule has 11 nitrogen and oxygen atoms in total. The van der Waals surface area contributed by atoms with Gasteiger partial charge in [0, 0.05) is 38.3 Å². The van der Waals surface area contributed by atoms with Crippen LogP contribution in [0.4, 0.5) is 5.69 Å². The van der Waals surface area contributed by atoms with Gasteiger partial charge in [0.25, 0.3) is 15.9 Å². The number of rotatable bonds is 9. The lowest BCUT2D eigenvalue weighted by Crippen LogP contribution is -2.48. The van der Waals surface area contributed by atoms with Gasteiger partial charge in [0.1, 0.15) is 5.75 Å². The van der Waals surface area contributed by atoms with Crippen LogP contribution in [0.2, 0.25) is 0 Å². The Kier molecular flexibility index (Phi) is 12.7. The number of nitrogens with one attached hydrogen (secondary N) is 1. The van der Waals surface area contributed by atoms with Gasteiger partial charge in [-0.3, -0.25) is 9.52 Å². The summed E-state index contributed by atoms with van der Waals surface area (Å²) < 4.78 is 69.5. The molecule has 0 aromatic heterocycles. The Balaban J connectivity index is 1.67. The summed E-state index contributed by atoms with van der Waals surface area (Å²) in [6.07, 6.45) is 1.31. The van der Waals surface area contributed by atoms with Gasteiger partial charge in [0.05, 0.1) is 40.2 Å². The molecule has 0 radical (unpaired) electrons. The Morgan fingerprint density at radius 1 is 0.979 bits per heavy atom. The molecule has 0 bridgehead atoms. The number of aliphatic hydroxyl groups is 1. The first-order valence-corrected chi connectivity index (χ1v) is 19.1. The molecule has 0 unspecified atom stereocenters. The van der Waals surface area contributed by atoms with Gasteiger partial charge in [-0.1, -0.05) is 42.8 Å². The Morgan fingerprint density at radius 2 is 1.67 bits per heavy atom. The molecule has 0 saturated carbocycles. The van der Waals surface area contributed by atoms with Crippen LogP contribution in [0.25, 0.3) is 0 Å². The molecule has 1 heterocycles. The van der Waals surface area contributed by atoms with Crippen molar-refractivity contribution in [3.8, 4) is 5.75 Å². The summed E-state index contributed by atoms with van der Waals surface area (Å²) in [7, 11) is -6.23. The Labute approximate surface area is 285 Å². The predicted octanol–water partition coefficient (Wildman–Crippen LogP) is 4.91. The molecule has 0 saturated heterocycles. The molecule has 262 valence electrons. The highest BCUT2D eigenvalue weighted by atomic mass is 32.2. The minimum absolute atomic E-state index is 0.0500. The molecular weight excluding hydrogens is 655 g/mol. The lowest BCUT2D eigenvalue weighted by atomic mass is 10.0. The third-order valence-electron chi connectivity index (χ3n) is 8.52. The highest BCUT2D eigenvalue weighted by Crippen LogP contribution is 2.30. The third-order valence-corrected chi connectivity index (χ3v) is 11.8. The SMILES string of the molecule is Cc1ccc(S(=O)(=O)N(C)C[C@@H]2OCCCC[C@@H](C)Oc3ccc(NS(=O)(=O)c4ccccc4)cc3C(=O)N([C@H](C)CO)C[C@@H]2C)cc1. The highest BCUT2D eigenvalue weighted by molar-refractivity contribution is 7.92. The van der Waals surface area contributed by atoms with E-state index in [1.165, 1.54) is 34.5 Å². The van der Waals surface area contributed by atoms with Crippen molar-refractivity contribution in [3.05, 3.63) is 83.9 Å². The number of hydrogen-bond acceptors (Lipinski definition) is 8. The van der Waals surface area contributed by atoms with Gasteiger partial charge in [-0.2, -0.15) is 4.31 Å². The fourth-order valence-corrected chi connectivity index (χ4v) is 7.76. The average Bonchev–Trinajstić information content (AvgIpc) is 3.06. The number of carbonyl (C=O) groups is 1. The van der Waals surface area contributed by atoms with Crippen LogP contribution < -0.4 is 9.46 Å². The number of amides is 1. The minimum atomic E-state index is -3.94. The molecule has 4 atom stereocenters. The van der Waals surface area contributed by atoms with Crippen molar-refractivity contribution >= 4 is 31.6 Å². The van der Waals surface area contributed by atoms with Crippen LogP contribution in [0.5, 0.6) is 5.75 Å². The maximum atomic E-state index is 14.4. The molecule has 48 heavy (non-hydrogen) atoms. The Bertz CT molecular complexity index is 1740. The van der Waals surface area contributed by atoms with E-state index in [1.54, 1.807) is 61.5 Å². The summed E-state index contributed by atoms with van der Waals surface area (Å²) in [5.74, 6) is -0.529. The number of aliphatic hydroxyl groups excluding tert-OH is 1. The first kappa shape index (κ1) is 37.3. The van der Waals surface area contributed by atoms with Gasteiger partial charge < -0.3 is 19.5 Å². The van der Waals surface area contributed by atoms with E-state index in [0.29, 0.717) is 25.2 Å². The molecule has 4 rings (SSSR count). The van der Waals surface area contributed by atoms with Gasteiger partial charge in [-0.15, -0.1) is 0 Å². The molecule has 0 fully saturated rings. The van der Waals surface area contributed by atoms with E-state index in [1.807, 2.05) is 20.8 Å². The highest BCUT2D eigenvalue weighted by Gasteiger charge is 2.32. The number of ether oxygens (including phenoxy) is 2. The second-order valence-corrected chi connectivity index (χ2v) is 16.3. The summed E-state index contributed by atoms with van der Waals surface area (Å²) in [6.45, 7) is 7.62. The van der Waals surface area contributed by atoms with Crippen molar-refractivity contribution in [2.24, 2.45) is 5.92 Å². The zero-order valence-corrected chi connectivity index (χ0v) is 29.8. The molecule has 3 aromatic rings. The van der Waals surface area contributed by atoms with E-state index < -0.39 is 38.1 Å². The average molecular weight is 702 g/mol. The number of nitrogens with zero attached hydrogens (tertiary/aromatic N) is 2. The van der Waals surface area contributed by atoms with E-state index in [9.17, 15) is 26.7 Å². The van der Waals surface area contributed by atoms with Gasteiger partial charge in [0.2, 0.25) is 10.0 Å². The van der Waals surface area contributed by atoms with Gasteiger partial charge in [0.15, 0.2) is 0 Å². The van der Waals surface area contributed by atoms with Crippen molar-refractivity contribution in [1.82, 2.24) is 9.21 Å². The number of aryl methyl sites for hydroxylation is 1. The van der Waals surface area contributed by atoms with Crippen LogP contribution in [0.15, 0.2) is 82.6 Å². The lowest BCUT2D eigenvalue weighted by Gasteiger charge is -2.35. The molecule has 1 aliphatic heterocycles. The molecule has 1 aliphatic rings. The standard InChI is InChI=1S/C35H47N3O8S2/c1-25-14-17-31(18-15-25)48(43,44)37(5)23-34-26(2)22-38(27(3)24-39)35(40)32-21-29(36-47(41,42)30-12-7-6-8-13-30)16-19-33(32)46-28(4)11-9-10-20-45-34/h6-8,12-19,21,26-28,34,36,39H,9-11,20,22-24H2,1-5H3/t26-,27+,28+,34-/m0/s1. The van der Waals surface area contributed by atoms with Crippen LogP contribution >= 0.6 is 0 Å². The summed E-state index contributed by atoms with van der Waals surface area (Å²) >= 11 is 0. The van der Waals surface area contributed by atoms with Crippen molar-refractivity contribution in [3.63, 3.8) is 0 Å². The van der Waals surface area contributed by atoms with Crippen LogP contribution in [0.3, 0.4) is 0 Å². The number of hydrogen-bond donors (Lipinski definition) is 2. The van der Waals surface area contributed by atoms with E-state index in [4.69, 9.17) is 9.47 Å². The topological polar surface area (TPSA) is 143 Å². The Hall–Kier alpha value is -3.49. The number of carbonyl (C=O) groups excluding carboxylic acids is 1. The largest absolute Gasteiger partial charge is 0.490 e. The zero-order chi connectivity index (χ0) is 35.1. The van der Waals surface area contributed by atoms with Crippen molar-refractivity contribution in [2.45, 2.75) is 75.0 Å². The molecule has 2 N–H and O–H groups in total. The molecule has 0 aliphatic carbocycles. The fourth-order valence-electron chi connectivity index (χ4n) is 5.50. The second kappa shape index (κ2) is 16.3. The summed E-state index contributed by atoms with van der Waals surface area (Å²) in [4.78, 5) is 16.1. The summed E-state index contributed by atoms with van der Waals surface area (Å²) in [5, 5.41) is 10.2. The number of anilines is 1. The molecule has 1 amide bonds. The zero-order valence-electron chi connectivity index (χ0n) is 28.2. The minimum Gasteiger partial charge on any atom is -0.490 e. The summed E-state index contributed by atoms with van der Waals surface area (Å²) in [6, 6.07) is 18.6. The van der Waals surface area contributed by atoms with Crippen molar-refractivity contribution < 1.29 is 36.2 Å². The van der Waals surface area contributed by atoms with E-state index in [2.05, 4.69) is 4.72 Å². The number of fused-ring (bicyclic) bond motifs is 1. The van der Waals surface area contributed by atoms with E-state index in [-0.39, 0.29) is 52.8 Å². The monoisotopic (exact) mass is 701 g/mol. The quantitative estimate of drug-likeness (QED) is 0.321. The molecule has 13 heteroatoms. The smallest absolute Gasteiger partial charge is 0.261 e. The predicted molar refractivity (Wildman–Crippen MR) is 185 cm³/mol. The van der Waals surface area contributed by atoms with Crippen LogP contribution in [0, 0.1) is 12.8 Å². The van der Waals surface area contributed by atoms with Gasteiger partial charge >= 0.3 is 0 Å². The summed E-state index contributed by atoms with van der Waals surface area (Å²) in [5.41, 5.74) is 1.26. The Morgan fingerprint density at radius 3 is 2.33 bits per heavy atom. The number of benzene rings is 3. The van der Waals surface area contributed by atoms with Crippen LogP contribution in [0.1, 0.15) is 56.0 Å². The fraction of sp³-hybridized carbons (Fsp3) is 0.457. The first-order valence-electron chi connectivity index (χ1n) is 16.2. The van der Waals surface area contributed by atoms with Gasteiger partial charge in [-0.25, -0.2) is 16.8 Å². The maximum Gasteiger partial charge on any atom is 0.261 e. The maximum absolute atomic E-state index is 14.4. The molecular formula is C35H47N3O8S2. The molecule has 3 aromatic carbocycles. The lowest BCUT2D eigenvalue weighted by molar-refractivity contribution is -0.00833. The first-order chi connectivity index (χ1) is 22.7. The van der Waals surface area contributed by atoms with Crippen LogP contribution in [-0.4, -0.2) is 88.7 Å². The number of sulfonamides is 2. The van der Waals surface area contributed by atoms with E-state index >= 15 is 0 Å². The normalized spacial score (nSPS) is 20.8. The van der Waals surface area contributed by atoms with Crippen molar-refractivity contribution in [2.75, 3.05) is 38.1 Å². The molecule has 0 spiro atoms. The van der Waals surface area contributed by atoms with Gasteiger partial charge in [-0.05, 0) is 82.5 Å². The van der Waals surface area contributed by atoms with E-state index in [0.717, 1.165) is 12.0 Å². The second-order valence-electron chi connectivity index (χ2n) is 12.5. The third kappa shape index (κ3) is 9.35. The van der Waals surface area contributed by atoms with Crippen molar-refractivity contribution in [1.29, 1.82) is 0 Å².